The van der Waals surface area contributed by atoms with Gasteiger partial charge in [-0.3, -0.25) is 4.99 Å². The molecule has 0 aliphatic carbocycles. The smallest absolute Gasteiger partial charge is 0.191 e. The number of rotatable bonds is 7. The molecule has 0 heterocycles. The molecule has 0 unspecified atom stereocenters. The summed E-state index contributed by atoms with van der Waals surface area (Å²) < 4.78 is 23.4. The Morgan fingerprint density at radius 1 is 1.04 bits per heavy atom. The SMILES string of the molecule is CN=C(NCCc1ccc(N(C)C)cc1)NCc1ccc(S(C)(=O)=O)c(C)c1. The van der Waals surface area contributed by atoms with Crippen LogP contribution in [0.15, 0.2) is 52.4 Å². The van der Waals surface area contributed by atoms with Crippen LogP contribution in [0.3, 0.4) is 0 Å². The molecule has 0 aliphatic rings. The second kappa shape index (κ2) is 9.59. The lowest BCUT2D eigenvalue weighted by molar-refractivity contribution is 0.601. The number of hydrogen-bond donors (Lipinski definition) is 2. The van der Waals surface area contributed by atoms with Crippen LogP contribution in [0.2, 0.25) is 0 Å². The van der Waals surface area contributed by atoms with Gasteiger partial charge in [-0.15, -0.1) is 0 Å². The fourth-order valence-electron chi connectivity index (χ4n) is 2.93. The van der Waals surface area contributed by atoms with Gasteiger partial charge in [0.25, 0.3) is 0 Å². The molecule has 0 fully saturated rings. The second-order valence-corrected chi connectivity index (χ2v) is 9.02. The van der Waals surface area contributed by atoms with Crippen molar-refractivity contribution < 1.29 is 8.42 Å². The zero-order valence-corrected chi connectivity index (χ0v) is 18.1. The van der Waals surface area contributed by atoms with Gasteiger partial charge in [-0.1, -0.05) is 24.3 Å². The summed E-state index contributed by atoms with van der Waals surface area (Å²) in [5, 5.41) is 6.57. The summed E-state index contributed by atoms with van der Waals surface area (Å²) in [5.74, 6) is 0.717. The van der Waals surface area contributed by atoms with Crippen LogP contribution in [0, 0.1) is 6.92 Å². The minimum atomic E-state index is -3.19. The van der Waals surface area contributed by atoms with E-state index in [1.165, 1.54) is 17.5 Å². The Kier molecular flexibility index (Phi) is 7.45. The topological polar surface area (TPSA) is 73.8 Å². The Balaban J connectivity index is 1.85. The number of aliphatic imine (C=N–C) groups is 1. The van der Waals surface area contributed by atoms with Gasteiger partial charge in [0.15, 0.2) is 15.8 Å². The maximum Gasteiger partial charge on any atom is 0.191 e. The van der Waals surface area contributed by atoms with Gasteiger partial charge in [-0.25, -0.2) is 8.42 Å². The summed E-state index contributed by atoms with van der Waals surface area (Å²) >= 11 is 0. The number of sulfone groups is 1. The first-order chi connectivity index (χ1) is 13.2. The molecule has 152 valence electrons. The molecule has 7 heteroatoms. The van der Waals surface area contributed by atoms with Crippen molar-refractivity contribution in [3.05, 3.63) is 59.2 Å². The molecule has 0 aromatic heterocycles. The standard InChI is InChI=1S/C21H30N4O2S/c1-16-14-18(8-11-20(16)28(5,26)27)15-24-21(22-2)23-13-12-17-6-9-19(10-7-17)25(3)4/h6-11,14H,12-13,15H2,1-5H3,(H2,22,23,24). The third kappa shape index (κ3) is 6.27. The van der Waals surface area contributed by atoms with Crippen LogP contribution in [0.5, 0.6) is 0 Å². The Hall–Kier alpha value is -2.54. The zero-order chi connectivity index (χ0) is 20.7. The van der Waals surface area contributed by atoms with Gasteiger partial charge in [0, 0.05) is 46.2 Å². The lowest BCUT2D eigenvalue weighted by Crippen LogP contribution is -2.37. The van der Waals surface area contributed by atoms with E-state index in [1.54, 1.807) is 13.1 Å². The Morgan fingerprint density at radius 3 is 2.21 bits per heavy atom. The van der Waals surface area contributed by atoms with Gasteiger partial charge in [0.05, 0.1) is 4.90 Å². The number of guanidine groups is 1. The summed E-state index contributed by atoms with van der Waals surface area (Å²) in [7, 11) is 2.60. The largest absolute Gasteiger partial charge is 0.378 e. The number of anilines is 1. The molecule has 0 aliphatic heterocycles. The molecule has 0 radical (unpaired) electrons. The highest BCUT2D eigenvalue weighted by atomic mass is 32.2. The normalized spacial score (nSPS) is 12.0. The van der Waals surface area contributed by atoms with Crippen LogP contribution in [0.1, 0.15) is 16.7 Å². The first-order valence-electron chi connectivity index (χ1n) is 9.21. The van der Waals surface area contributed by atoms with Crippen LogP contribution >= 0.6 is 0 Å². The fourth-order valence-corrected chi connectivity index (χ4v) is 3.89. The van der Waals surface area contributed by atoms with Gasteiger partial charge in [0.1, 0.15) is 0 Å². The first-order valence-corrected chi connectivity index (χ1v) is 11.1. The van der Waals surface area contributed by atoms with E-state index in [2.05, 4.69) is 44.8 Å². The van der Waals surface area contributed by atoms with E-state index in [0.717, 1.165) is 30.1 Å². The number of nitrogens with one attached hydrogen (secondary N) is 2. The maximum absolute atomic E-state index is 11.7. The summed E-state index contributed by atoms with van der Waals surface area (Å²) in [6.45, 7) is 3.16. The van der Waals surface area contributed by atoms with E-state index in [-0.39, 0.29) is 0 Å². The molecule has 0 amide bonds. The third-order valence-corrected chi connectivity index (χ3v) is 5.74. The van der Waals surface area contributed by atoms with Crippen molar-refractivity contribution in [1.29, 1.82) is 0 Å². The quantitative estimate of drug-likeness (QED) is 0.549. The summed E-state index contributed by atoms with van der Waals surface area (Å²) in [5.41, 5.74) is 4.21. The lowest BCUT2D eigenvalue weighted by Gasteiger charge is -2.14. The molecule has 0 bridgehead atoms. The molecule has 0 saturated carbocycles. The van der Waals surface area contributed by atoms with Crippen LogP contribution in [0.25, 0.3) is 0 Å². The van der Waals surface area contributed by atoms with Crippen molar-refractivity contribution in [2.75, 3.05) is 38.8 Å². The average molecular weight is 403 g/mol. The molecular weight excluding hydrogens is 372 g/mol. The van der Waals surface area contributed by atoms with E-state index < -0.39 is 9.84 Å². The van der Waals surface area contributed by atoms with Crippen LogP contribution in [0.4, 0.5) is 5.69 Å². The number of hydrogen-bond acceptors (Lipinski definition) is 4. The van der Waals surface area contributed by atoms with Crippen molar-refractivity contribution >= 4 is 21.5 Å². The van der Waals surface area contributed by atoms with Crippen molar-refractivity contribution in [2.45, 2.75) is 24.8 Å². The van der Waals surface area contributed by atoms with E-state index >= 15 is 0 Å². The first kappa shape index (κ1) is 21.8. The number of aryl methyl sites for hydroxylation is 1. The van der Waals surface area contributed by atoms with E-state index in [9.17, 15) is 8.42 Å². The summed E-state index contributed by atoms with van der Waals surface area (Å²) in [4.78, 5) is 6.70. The molecule has 6 nitrogen and oxygen atoms in total. The molecular formula is C21H30N4O2S. The van der Waals surface area contributed by atoms with E-state index in [0.29, 0.717) is 11.4 Å². The monoisotopic (exact) mass is 402 g/mol. The van der Waals surface area contributed by atoms with Gasteiger partial charge < -0.3 is 15.5 Å². The van der Waals surface area contributed by atoms with E-state index in [4.69, 9.17) is 0 Å². The van der Waals surface area contributed by atoms with Crippen LogP contribution < -0.4 is 15.5 Å². The lowest BCUT2D eigenvalue weighted by atomic mass is 10.1. The van der Waals surface area contributed by atoms with E-state index in [1.807, 2.05) is 33.2 Å². The number of benzene rings is 2. The Bertz CT molecular complexity index is 920. The van der Waals surface area contributed by atoms with Gasteiger partial charge in [-0.05, 0) is 48.2 Å². The Labute approximate surface area is 168 Å². The Morgan fingerprint density at radius 2 is 1.68 bits per heavy atom. The second-order valence-electron chi connectivity index (χ2n) is 7.04. The van der Waals surface area contributed by atoms with Gasteiger partial charge in [0.2, 0.25) is 0 Å². The molecule has 28 heavy (non-hydrogen) atoms. The third-order valence-electron chi connectivity index (χ3n) is 4.48. The van der Waals surface area contributed by atoms with Crippen molar-refractivity contribution in [3.63, 3.8) is 0 Å². The molecule has 2 N–H and O–H groups in total. The van der Waals surface area contributed by atoms with Gasteiger partial charge in [-0.2, -0.15) is 0 Å². The van der Waals surface area contributed by atoms with Gasteiger partial charge >= 0.3 is 0 Å². The summed E-state index contributed by atoms with van der Waals surface area (Å²) in [6, 6.07) is 13.9. The summed E-state index contributed by atoms with van der Waals surface area (Å²) in [6.07, 6.45) is 2.13. The van der Waals surface area contributed by atoms with Crippen LogP contribution in [-0.2, 0) is 22.8 Å². The fraction of sp³-hybridized carbons (Fsp3) is 0.381. The molecule has 0 saturated heterocycles. The highest BCUT2D eigenvalue weighted by Gasteiger charge is 2.11. The van der Waals surface area contributed by atoms with Crippen LogP contribution in [-0.4, -0.2) is 48.3 Å². The minimum Gasteiger partial charge on any atom is -0.378 e. The predicted octanol–water partition coefficient (Wildman–Crippen LogP) is 2.37. The molecule has 0 spiro atoms. The maximum atomic E-state index is 11.7. The highest BCUT2D eigenvalue weighted by Crippen LogP contribution is 2.16. The average Bonchev–Trinajstić information content (AvgIpc) is 2.63. The zero-order valence-electron chi connectivity index (χ0n) is 17.3. The molecule has 2 aromatic rings. The predicted molar refractivity (Wildman–Crippen MR) is 117 cm³/mol. The molecule has 2 aromatic carbocycles. The van der Waals surface area contributed by atoms with Crippen molar-refractivity contribution in [2.24, 2.45) is 4.99 Å². The van der Waals surface area contributed by atoms with Crippen molar-refractivity contribution in [1.82, 2.24) is 10.6 Å². The minimum absolute atomic E-state index is 0.374. The van der Waals surface area contributed by atoms with Crippen molar-refractivity contribution in [3.8, 4) is 0 Å². The molecule has 2 rings (SSSR count). The molecule has 0 atom stereocenters. The number of nitrogens with zero attached hydrogens (tertiary/aromatic N) is 2. The highest BCUT2D eigenvalue weighted by molar-refractivity contribution is 7.90.